The zero-order valence-electron chi connectivity index (χ0n) is 17.5. The van der Waals surface area contributed by atoms with Gasteiger partial charge < -0.3 is 9.97 Å². The Morgan fingerprint density at radius 1 is 0.606 bits per heavy atom. The van der Waals surface area contributed by atoms with Crippen molar-refractivity contribution < 1.29 is 20.1 Å². The van der Waals surface area contributed by atoms with Gasteiger partial charge in [-0.1, -0.05) is 41.8 Å². The Morgan fingerprint density at radius 3 is 2.30 bits per heavy atom. The van der Waals surface area contributed by atoms with Crippen molar-refractivity contribution in [3.63, 3.8) is 0 Å². The van der Waals surface area contributed by atoms with Crippen LogP contribution in [-0.4, -0.2) is 15.0 Å². The molecule has 0 aliphatic rings. The molecule has 1 radical (unpaired) electrons. The first kappa shape index (κ1) is 21.1. The largest absolute Gasteiger partial charge is 0.304 e. The van der Waals surface area contributed by atoms with Crippen molar-refractivity contribution in [3.8, 4) is 11.3 Å². The normalized spacial score (nSPS) is 10.8. The number of hydrogen-bond donors (Lipinski definition) is 0. The van der Waals surface area contributed by atoms with Gasteiger partial charge in [-0.15, -0.1) is 64.9 Å². The van der Waals surface area contributed by atoms with E-state index in [1.165, 1.54) is 32.3 Å². The van der Waals surface area contributed by atoms with Gasteiger partial charge in [0, 0.05) is 50.6 Å². The first-order chi connectivity index (χ1) is 15.9. The van der Waals surface area contributed by atoms with E-state index in [1.54, 1.807) is 18.6 Å². The molecular formula is C29H17IrN3-2. The average Bonchev–Trinajstić information content (AvgIpc) is 2.89. The Morgan fingerprint density at radius 2 is 1.48 bits per heavy atom. The number of pyridine rings is 1. The third-order valence-corrected chi connectivity index (χ3v) is 5.70. The Bertz CT molecular complexity index is 1540. The van der Waals surface area contributed by atoms with Crippen LogP contribution >= 0.6 is 0 Å². The standard InChI is InChI=1S/C19H10N.C10H7N2.Ir/c1-4-12-9-10-13-5-2-7-16-18(13)17(12)14(6-1)15-8-3-11-20-19(15)16;1-2-4-9(5-3-1)10-8-11-6-7-12-10;/h1-6,8-11H;1-4,6-8H;/q2*-1;. The molecule has 0 spiro atoms. The van der Waals surface area contributed by atoms with E-state index in [9.17, 15) is 0 Å². The van der Waals surface area contributed by atoms with Crippen molar-refractivity contribution in [3.05, 3.63) is 116 Å². The fraction of sp³-hybridized carbons (Fsp3) is 0. The maximum Gasteiger partial charge on any atom is 0.0432 e. The van der Waals surface area contributed by atoms with Crippen molar-refractivity contribution in [2.45, 2.75) is 0 Å². The van der Waals surface area contributed by atoms with Gasteiger partial charge in [0.05, 0.1) is 0 Å². The van der Waals surface area contributed by atoms with E-state index in [1.807, 2.05) is 42.6 Å². The van der Waals surface area contributed by atoms with Crippen LogP contribution < -0.4 is 0 Å². The maximum atomic E-state index is 4.60. The molecule has 2 aromatic heterocycles. The molecule has 0 amide bonds. The number of nitrogens with zero attached hydrogens (tertiary/aromatic N) is 3. The second-order valence-corrected chi connectivity index (χ2v) is 7.55. The van der Waals surface area contributed by atoms with Crippen LogP contribution in [0.25, 0.3) is 54.5 Å². The molecule has 5 aromatic carbocycles. The maximum absolute atomic E-state index is 4.60. The molecule has 7 aromatic rings. The molecule has 0 bridgehead atoms. The molecule has 0 atom stereocenters. The predicted octanol–water partition coefficient (Wildman–Crippen LogP) is 6.87. The van der Waals surface area contributed by atoms with Crippen molar-refractivity contribution in [1.29, 1.82) is 0 Å². The van der Waals surface area contributed by atoms with Crippen LogP contribution in [0, 0.1) is 12.1 Å². The fourth-order valence-corrected chi connectivity index (χ4v) is 4.31. The molecule has 4 heteroatoms. The Labute approximate surface area is 204 Å². The van der Waals surface area contributed by atoms with Crippen LogP contribution in [0.5, 0.6) is 0 Å². The van der Waals surface area contributed by atoms with Gasteiger partial charge in [0.25, 0.3) is 0 Å². The second-order valence-electron chi connectivity index (χ2n) is 7.55. The van der Waals surface area contributed by atoms with Crippen molar-refractivity contribution in [2.75, 3.05) is 0 Å². The molecule has 0 aliphatic heterocycles. The smallest absolute Gasteiger partial charge is 0.0432 e. The molecule has 0 aliphatic carbocycles. The summed E-state index contributed by atoms with van der Waals surface area (Å²) in [6, 6.07) is 33.4. The first-order valence-electron chi connectivity index (χ1n) is 10.5. The summed E-state index contributed by atoms with van der Waals surface area (Å²) in [6.45, 7) is 0. The van der Waals surface area contributed by atoms with Gasteiger partial charge in [-0.05, 0) is 33.1 Å². The van der Waals surface area contributed by atoms with E-state index in [0.717, 1.165) is 22.2 Å². The minimum atomic E-state index is 0. The van der Waals surface area contributed by atoms with Gasteiger partial charge in [0.1, 0.15) is 0 Å². The van der Waals surface area contributed by atoms with Crippen molar-refractivity contribution in [2.24, 2.45) is 0 Å². The Balaban J connectivity index is 0.000000152. The first-order valence-corrected chi connectivity index (χ1v) is 10.5. The van der Waals surface area contributed by atoms with Crippen LogP contribution in [0.3, 0.4) is 0 Å². The summed E-state index contributed by atoms with van der Waals surface area (Å²) < 4.78 is 0. The quantitative estimate of drug-likeness (QED) is 0.117. The summed E-state index contributed by atoms with van der Waals surface area (Å²) in [4.78, 5) is 12.7. The molecule has 0 saturated heterocycles. The minimum absolute atomic E-state index is 0. The third-order valence-electron chi connectivity index (χ3n) is 5.70. The van der Waals surface area contributed by atoms with Crippen LogP contribution in [-0.2, 0) is 20.1 Å². The fourth-order valence-electron chi connectivity index (χ4n) is 4.31. The summed E-state index contributed by atoms with van der Waals surface area (Å²) in [5.74, 6) is 0. The molecule has 0 N–H and O–H groups in total. The van der Waals surface area contributed by atoms with Gasteiger partial charge in [-0.2, -0.15) is 0 Å². The monoisotopic (exact) mass is 600 g/mol. The molecular weight excluding hydrogens is 583 g/mol. The summed E-state index contributed by atoms with van der Waals surface area (Å²) in [5, 5.41) is 8.77. The number of benzene rings is 5. The molecule has 0 fully saturated rings. The second kappa shape index (κ2) is 9.03. The van der Waals surface area contributed by atoms with Crippen molar-refractivity contribution >= 4 is 43.2 Å². The SMILES string of the molecule is [Ir].[c-]1ccc2ccc3cccc4c5cccnc5c1c2c34.[c-]1ccccc1-c1cnccn1. The third kappa shape index (κ3) is 3.74. The van der Waals surface area contributed by atoms with E-state index in [2.05, 4.69) is 69.5 Å². The van der Waals surface area contributed by atoms with Gasteiger partial charge >= 0.3 is 0 Å². The number of rotatable bonds is 1. The molecule has 7 rings (SSSR count). The zero-order chi connectivity index (χ0) is 21.3. The van der Waals surface area contributed by atoms with Crippen LogP contribution in [0.1, 0.15) is 0 Å². The molecule has 3 nitrogen and oxygen atoms in total. The van der Waals surface area contributed by atoms with Gasteiger partial charge in [-0.3, -0.25) is 4.98 Å². The molecule has 159 valence electrons. The molecule has 33 heavy (non-hydrogen) atoms. The van der Waals surface area contributed by atoms with E-state index in [4.69, 9.17) is 0 Å². The van der Waals surface area contributed by atoms with E-state index in [-0.39, 0.29) is 20.1 Å². The van der Waals surface area contributed by atoms with Crippen LogP contribution in [0.4, 0.5) is 0 Å². The summed E-state index contributed by atoms with van der Waals surface area (Å²) in [6.07, 6.45) is 6.92. The number of hydrogen-bond acceptors (Lipinski definition) is 3. The van der Waals surface area contributed by atoms with Gasteiger partial charge in [-0.25, -0.2) is 0 Å². The van der Waals surface area contributed by atoms with Gasteiger partial charge in [0.15, 0.2) is 0 Å². The summed E-state index contributed by atoms with van der Waals surface area (Å²) in [7, 11) is 0. The van der Waals surface area contributed by atoms with E-state index >= 15 is 0 Å². The number of fused-ring (bicyclic) bond motifs is 3. The number of aromatic nitrogens is 3. The van der Waals surface area contributed by atoms with Gasteiger partial charge in [0.2, 0.25) is 0 Å². The Hall–Kier alpha value is -3.72. The molecule has 0 unspecified atom stereocenters. The van der Waals surface area contributed by atoms with Crippen molar-refractivity contribution in [1.82, 2.24) is 15.0 Å². The Kier molecular flexibility index (Phi) is 5.78. The van der Waals surface area contributed by atoms with Crippen LogP contribution in [0.15, 0.2) is 104 Å². The molecule has 0 saturated carbocycles. The summed E-state index contributed by atoms with van der Waals surface area (Å²) in [5.41, 5.74) is 2.88. The molecule has 2 heterocycles. The minimum Gasteiger partial charge on any atom is -0.304 e. The topological polar surface area (TPSA) is 38.7 Å². The summed E-state index contributed by atoms with van der Waals surface area (Å²) >= 11 is 0. The van der Waals surface area contributed by atoms with Crippen LogP contribution in [0.2, 0.25) is 0 Å². The van der Waals surface area contributed by atoms with E-state index in [0.29, 0.717) is 0 Å². The predicted molar refractivity (Wildman–Crippen MR) is 131 cm³/mol. The van der Waals surface area contributed by atoms with E-state index < -0.39 is 0 Å². The zero-order valence-corrected chi connectivity index (χ0v) is 19.9. The average molecular weight is 600 g/mol.